The van der Waals surface area contributed by atoms with Gasteiger partial charge in [-0.3, -0.25) is 0 Å². The minimum absolute atomic E-state index is 0.311. The first-order valence-corrected chi connectivity index (χ1v) is 8.76. The Balaban J connectivity index is 2.13. The second-order valence-corrected chi connectivity index (χ2v) is 6.96. The molecule has 26 heavy (non-hydrogen) atoms. The number of fused-ring (bicyclic) bond motifs is 8. The largest absolute Gasteiger partial charge is 0.196 e. The van der Waals surface area contributed by atoms with Crippen molar-refractivity contribution in [2.45, 2.75) is 42.9 Å². The first-order chi connectivity index (χ1) is 12.6. The van der Waals surface area contributed by atoms with Crippen molar-refractivity contribution < 1.29 is 0 Å². The summed E-state index contributed by atoms with van der Waals surface area (Å²) < 4.78 is 0. The maximum atomic E-state index is 9.70. The number of allylic oxidation sites excluding steroid dienone is 4. The Morgan fingerprint density at radius 2 is 1.35 bits per heavy atom. The normalized spacial score (nSPS) is 23.9. The van der Waals surface area contributed by atoms with E-state index in [1.165, 1.54) is 5.57 Å². The minimum atomic E-state index is -1.26. The first kappa shape index (κ1) is 17.5. The van der Waals surface area contributed by atoms with Gasteiger partial charge in [-0.1, -0.05) is 42.5 Å². The number of benzene rings is 1. The van der Waals surface area contributed by atoms with Crippen molar-refractivity contribution in [3.05, 3.63) is 59.2 Å². The molecule has 4 rings (SSSR count). The number of nitrogens with zero attached hydrogens (tertiary/aromatic N) is 4. The summed E-state index contributed by atoms with van der Waals surface area (Å²) in [5.41, 5.74) is -0.0909. The molecule has 0 aliphatic heterocycles. The Bertz CT molecular complexity index is 891. The molecule has 0 aromatic heterocycles. The van der Waals surface area contributed by atoms with Crippen molar-refractivity contribution in [3.63, 3.8) is 0 Å². The Morgan fingerprint density at radius 3 is 1.85 bits per heavy atom. The third kappa shape index (κ3) is 2.99. The van der Waals surface area contributed by atoms with Crippen LogP contribution in [-0.4, -0.2) is 0 Å². The molecule has 1 aromatic carbocycles. The molecule has 1 saturated carbocycles. The molecular weight excluding hydrogens is 320 g/mol. The lowest BCUT2D eigenvalue weighted by atomic mass is 9.76. The lowest BCUT2D eigenvalue weighted by Gasteiger charge is -2.21. The van der Waals surface area contributed by atoms with Crippen LogP contribution in [0.2, 0.25) is 0 Å². The Morgan fingerprint density at radius 1 is 0.808 bits per heavy atom. The topological polar surface area (TPSA) is 95.2 Å². The van der Waals surface area contributed by atoms with Gasteiger partial charge in [0.15, 0.2) is 10.8 Å². The fraction of sp³-hybridized carbons (Fsp3) is 0.364. The predicted octanol–water partition coefficient (Wildman–Crippen LogP) is 4.33. The van der Waals surface area contributed by atoms with Crippen molar-refractivity contribution in [2.24, 2.45) is 5.92 Å². The molecule has 0 heterocycles. The van der Waals surface area contributed by atoms with Crippen molar-refractivity contribution in [2.75, 3.05) is 0 Å². The highest BCUT2D eigenvalue weighted by molar-refractivity contribution is 5.47. The number of hydrogen-bond acceptors (Lipinski definition) is 4. The van der Waals surface area contributed by atoms with Gasteiger partial charge in [-0.05, 0) is 48.3 Å². The zero-order valence-corrected chi connectivity index (χ0v) is 14.4. The number of nitriles is 4. The van der Waals surface area contributed by atoms with Gasteiger partial charge < -0.3 is 0 Å². The SMILES string of the molecule is N#CC1(C#N)C/C=C/C(C2CC2)=C\CCC(C#N)(C#N)c2ccc1cc2. The summed E-state index contributed by atoms with van der Waals surface area (Å²) in [4.78, 5) is 0. The molecule has 4 heteroatoms. The van der Waals surface area contributed by atoms with E-state index >= 15 is 0 Å². The second-order valence-electron chi connectivity index (χ2n) is 6.96. The third-order valence-corrected chi connectivity index (χ3v) is 5.32. The van der Waals surface area contributed by atoms with Crippen molar-refractivity contribution in [3.8, 4) is 24.3 Å². The zero-order chi connectivity index (χ0) is 18.6. The van der Waals surface area contributed by atoms with Gasteiger partial charge >= 0.3 is 0 Å². The van der Waals surface area contributed by atoms with E-state index in [-0.39, 0.29) is 0 Å². The van der Waals surface area contributed by atoms with Gasteiger partial charge in [0.2, 0.25) is 0 Å². The molecule has 0 radical (unpaired) electrons. The second kappa shape index (κ2) is 6.88. The molecule has 1 fully saturated rings. The summed E-state index contributed by atoms with van der Waals surface area (Å²) in [5.74, 6) is 0.516. The molecular formula is C22H18N4. The quantitative estimate of drug-likeness (QED) is 0.761. The first-order valence-electron chi connectivity index (χ1n) is 8.76. The van der Waals surface area contributed by atoms with Gasteiger partial charge in [0.05, 0.1) is 24.3 Å². The molecule has 3 aliphatic rings. The molecule has 1 aromatic rings. The molecule has 126 valence electrons. The Hall–Kier alpha value is -3.34. The van der Waals surface area contributed by atoms with Crippen molar-refractivity contribution >= 4 is 0 Å². The number of hydrogen-bond donors (Lipinski definition) is 0. The summed E-state index contributed by atoms with van der Waals surface area (Å²) in [6.45, 7) is 0. The van der Waals surface area contributed by atoms with Gasteiger partial charge in [0.1, 0.15) is 0 Å². The van der Waals surface area contributed by atoms with Crippen LogP contribution >= 0.6 is 0 Å². The van der Waals surface area contributed by atoms with Crippen LogP contribution in [0.5, 0.6) is 0 Å². The summed E-state index contributed by atoms with van der Waals surface area (Å²) in [6, 6.07) is 15.5. The lowest BCUT2D eigenvalue weighted by molar-refractivity contribution is 0.632. The van der Waals surface area contributed by atoms with Gasteiger partial charge in [-0.15, -0.1) is 0 Å². The Kier molecular flexibility index (Phi) is 4.63. The molecule has 0 atom stereocenters. The predicted molar refractivity (Wildman–Crippen MR) is 96.0 cm³/mol. The molecule has 0 spiro atoms. The average Bonchev–Trinajstić information content (AvgIpc) is 3.53. The minimum Gasteiger partial charge on any atom is -0.196 e. The standard InChI is InChI=1S/C22H18N4/c23-13-21(14-24)11-1-3-17(18-5-6-18)4-2-12-22(15-25,16-26)20-9-7-19(21)8-10-20/h1,3-4,7-10,18H,2,5-6,11-12H2/b3-1+,17-4+. The van der Waals surface area contributed by atoms with Crippen molar-refractivity contribution in [1.29, 1.82) is 21.0 Å². The van der Waals surface area contributed by atoms with Crippen LogP contribution in [0, 0.1) is 51.2 Å². The molecule has 3 aliphatic carbocycles. The lowest BCUT2D eigenvalue weighted by Crippen LogP contribution is -2.23. The molecule has 0 unspecified atom stereocenters. The highest BCUT2D eigenvalue weighted by Crippen LogP contribution is 2.39. The van der Waals surface area contributed by atoms with Crippen LogP contribution < -0.4 is 0 Å². The molecule has 0 saturated heterocycles. The molecule has 2 bridgehead atoms. The summed E-state index contributed by atoms with van der Waals surface area (Å²) in [5, 5.41) is 38.8. The van der Waals surface area contributed by atoms with Crippen LogP contribution in [-0.2, 0) is 10.8 Å². The van der Waals surface area contributed by atoms with Crippen LogP contribution in [0.15, 0.2) is 48.1 Å². The monoisotopic (exact) mass is 338 g/mol. The van der Waals surface area contributed by atoms with E-state index in [4.69, 9.17) is 0 Å². The maximum Gasteiger partial charge on any atom is 0.172 e. The molecule has 0 amide bonds. The van der Waals surface area contributed by atoms with E-state index in [1.54, 1.807) is 24.3 Å². The number of rotatable bonds is 1. The van der Waals surface area contributed by atoms with Gasteiger partial charge in [-0.25, -0.2) is 0 Å². The van der Waals surface area contributed by atoms with E-state index in [9.17, 15) is 21.0 Å². The highest BCUT2D eigenvalue weighted by atomic mass is 14.4. The average molecular weight is 338 g/mol. The Labute approximate surface area is 153 Å². The summed E-state index contributed by atoms with van der Waals surface area (Å²) >= 11 is 0. The zero-order valence-electron chi connectivity index (χ0n) is 14.4. The van der Waals surface area contributed by atoms with E-state index in [1.807, 2.05) is 12.2 Å². The van der Waals surface area contributed by atoms with Crippen LogP contribution in [0.3, 0.4) is 0 Å². The van der Waals surface area contributed by atoms with E-state index < -0.39 is 10.8 Å². The van der Waals surface area contributed by atoms with Crippen LogP contribution in [0.25, 0.3) is 0 Å². The fourth-order valence-corrected chi connectivity index (χ4v) is 3.43. The van der Waals surface area contributed by atoms with Gasteiger partial charge in [0, 0.05) is 6.42 Å². The smallest absolute Gasteiger partial charge is 0.172 e. The third-order valence-electron chi connectivity index (χ3n) is 5.32. The van der Waals surface area contributed by atoms with E-state index in [2.05, 4.69) is 30.4 Å². The van der Waals surface area contributed by atoms with Crippen LogP contribution in [0.1, 0.15) is 43.2 Å². The highest BCUT2D eigenvalue weighted by Gasteiger charge is 2.35. The maximum absolute atomic E-state index is 9.70. The molecule has 4 nitrogen and oxygen atoms in total. The summed E-state index contributed by atoms with van der Waals surface area (Å²) in [6.07, 6.45) is 9.66. The van der Waals surface area contributed by atoms with Crippen LogP contribution in [0.4, 0.5) is 0 Å². The molecule has 0 N–H and O–H groups in total. The van der Waals surface area contributed by atoms with Gasteiger partial charge in [0.25, 0.3) is 0 Å². The van der Waals surface area contributed by atoms with E-state index in [0.29, 0.717) is 36.3 Å². The van der Waals surface area contributed by atoms with Crippen molar-refractivity contribution in [1.82, 2.24) is 0 Å². The fourth-order valence-electron chi connectivity index (χ4n) is 3.43. The van der Waals surface area contributed by atoms with E-state index in [0.717, 1.165) is 12.8 Å². The summed E-state index contributed by atoms with van der Waals surface area (Å²) in [7, 11) is 0. The van der Waals surface area contributed by atoms with Gasteiger partial charge in [-0.2, -0.15) is 21.0 Å².